The number of nitrogens with two attached hydrogens (primary N) is 1. The van der Waals surface area contributed by atoms with Crippen LogP contribution in [0.5, 0.6) is 0 Å². The van der Waals surface area contributed by atoms with E-state index in [1.807, 2.05) is 0 Å². The van der Waals surface area contributed by atoms with Gasteiger partial charge < -0.3 is 5.73 Å². The average Bonchev–Trinajstić information content (AvgIpc) is 2.14. The quantitative estimate of drug-likeness (QED) is 0.749. The van der Waals surface area contributed by atoms with Crippen LogP contribution in [0.25, 0.3) is 0 Å². The van der Waals surface area contributed by atoms with E-state index in [1.54, 1.807) is 6.92 Å². The molecule has 0 aromatic heterocycles. The smallest absolute Gasteiger partial charge is 0.290 e. The molecule has 0 amide bonds. The van der Waals surface area contributed by atoms with Crippen molar-refractivity contribution in [3.05, 3.63) is 29.3 Å². The molecule has 1 atom stereocenters. The molecule has 0 spiro atoms. The van der Waals surface area contributed by atoms with Crippen molar-refractivity contribution < 1.29 is 17.2 Å². The number of benzene rings is 1. The van der Waals surface area contributed by atoms with Crippen molar-refractivity contribution in [1.82, 2.24) is 0 Å². The number of alkyl halides is 2. The maximum atomic E-state index is 13.7. The van der Waals surface area contributed by atoms with Crippen LogP contribution in [0.1, 0.15) is 11.1 Å². The highest BCUT2D eigenvalue weighted by atomic mass is 32.2. The number of rotatable bonds is 0. The van der Waals surface area contributed by atoms with Crippen LogP contribution < -0.4 is 5.73 Å². The Morgan fingerprint density at radius 2 is 2.06 bits per heavy atom. The van der Waals surface area contributed by atoms with E-state index >= 15 is 0 Å². The van der Waals surface area contributed by atoms with Crippen LogP contribution in [0, 0.1) is 6.92 Å². The van der Waals surface area contributed by atoms with Gasteiger partial charge in [0.25, 0.3) is 5.92 Å². The molecule has 0 aliphatic carbocycles. The third-order valence-electron chi connectivity index (χ3n) is 2.69. The molecule has 0 saturated carbocycles. The Kier molecular flexibility index (Phi) is 2.32. The van der Waals surface area contributed by atoms with Crippen molar-refractivity contribution in [1.29, 1.82) is 0 Å². The summed E-state index contributed by atoms with van der Waals surface area (Å²) in [6.07, 6.45) is 0. The molecular formula is C10H11F2NO2S. The van der Waals surface area contributed by atoms with Gasteiger partial charge in [-0.3, -0.25) is 0 Å². The lowest BCUT2D eigenvalue weighted by Gasteiger charge is -2.30. The van der Waals surface area contributed by atoms with Crippen molar-refractivity contribution in [3.63, 3.8) is 0 Å². The van der Waals surface area contributed by atoms with Crippen LogP contribution in [0.3, 0.4) is 0 Å². The van der Waals surface area contributed by atoms with E-state index in [-0.39, 0.29) is 4.90 Å². The van der Waals surface area contributed by atoms with Gasteiger partial charge in [0.1, 0.15) is 0 Å². The van der Waals surface area contributed by atoms with Gasteiger partial charge in [-0.05, 0) is 19.1 Å². The summed E-state index contributed by atoms with van der Waals surface area (Å²) in [4.78, 5) is -0.301. The molecule has 1 aliphatic rings. The van der Waals surface area contributed by atoms with Gasteiger partial charge in [0.05, 0.1) is 16.7 Å². The summed E-state index contributed by atoms with van der Waals surface area (Å²) in [7, 11) is -3.68. The first kappa shape index (κ1) is 11.5. The number of fused-ring (bicyclic) bond motifs is 1. The molecule has 1 aliphatic heterocycles. The first-order valence-corrected chi connectivity index (χ1v) is 6.37. The fourth-order valence-electron chi connectivity index (χ4n) is 1.81. The maximum absolute atomic E-state index is 13.7. The Balaban J connectivity index is 2.78. The van der Waals surface area contributed by atoms with E-state index in [2.05, 4.69) is 0 Å². The van der Waals surface area contributed by atoms with Crippen molar-refractivity contribution in [2.24, 2.45) is 5.73 Å². The van der Waals surface area contributed by atoms with Crippen LogP contribution in [-0.2, 0) is 15.8 Å². The van der Waals surface area contributed by atoms with E-state index in [4.69, 9.17) is 5.73 Å². The van der Waals surface area contributed by atoms with E-state index < -0.39 is 33.1 Å². The second-order valence-electron chi connectivity index (χ2n) is 4.01. The van der Waals surface area contributed by atoms with Crippen molar-refractivity contribution in [2.45, 2.75) is 23.8 Å². The number of sulfone groups is 1. The predicted molar refractivity (Wildman–Crippen MR) is 55.1 cm³/mol. The van der Waals surface area contributed by atoms with Crippen molar-refractivity contribution >= 4 is 9.84 Å². The third-order valence-corrected chi connectivity index (χ3v) is 4.52. The normalized spacial score (nSPS) is 26.1. The molecule has 0 radical (unpaired) electrons. The van der Waals surface area contributed by atoms with Crippen LogP contribution in [0.15, 0.2) is 23.1 Å². The second-order valence-corrected chi connectivity index (χ2v) is 6.01. The highest BCUT2D eigenvalue weighted by Crippen LogP contribution is 2.40. The lowest BCUT2D eigenvalue weighted by Crippen LogP contribution is -2.48. The molecule has 1 heterocycles. The average molecular weight is 247 g/mol. The molecule has 6 heteroatoms. The highest BCUT2D eigenvalue weighted by Gasteiger charge is 2.49. The maximum Gasteiger partial charge on any atom is 0.290 e. The molecular weight excluding hydrogens is 236 g/mol. The summed E-state index contributed by atoms with van der Waals surface area (Å²) in [6, 6.07) is 2.24. The monoisotopic (exact) mass is 247 g/mol. The topological polar surface area (TPSA) is 60.2 Å². The molecule has 88 valence electrons. The highest BCUT2D eigenvalue weighted by molar-refractivity contribution is 7.91. The Morgan fingerprint density at radius 3 is 2.69 bits per heavy atom. The Labute approximate surface area is 92.2 Å². The predicted octanol–water partition coefficient (Wildman–Crippen LogP) is 1.20. The summed E-state index contributed by atoms with van der Waals surface area (Å²) in [5.41, 5.74) is 5.33. The second kappa shape index (κ2) is 3.24. The molecule has 2 rings (SSSR count). The van der Waals surface area contributed by atoms with E-state index in [9.17, 15) is 17.2 Å². The number of hydrogen-bond donors (Lipinski definition) is 1. The van der Waals surface area contributed by atoms with E-state index in [1.165, 1.54) is 18.2 Å². The molecule has 0 saturated heterocycles. The van der Waals surface area contributed by atoms with Gasteiger partial charge in [0, 0.05) is 5.56 Å². The van der Waals surface area contributed by atoms with Crippen molar-refractivity contribution in [3.8, 4) is 0 Å². The van der Waals surface area contributed by atoms with Crippen LogP contribution in [0.2, 0.25) is 0 Å². The zero-order valence-corrected chi connectivity index (χ0v) is 9.39. The molecule has 0 fully saturated rings. The van der Waals surface area contributed by atoms with Gasteiger partial charge in [-0.25, -0.2) is 8.42 Å². The van der Waals surface area contributed by atoms with Gasteiger partial charge in [0.2, 0.25) is 0 Å². The summed E-state index contributed by atoms with van der Waals surface area (Å²) < 4.78 is 50.8. The first-order valence-electron chi connectivity index (χ1n) is 4.72. The fraction of sp³-hybridized carbons (Fsp3) is 0.400. The number of hydrogen-bond acceptors (Lipinski definition) is 3. The number of aryl methyl sites for hydroxylation is 1. The molecule has 1 aromatic carbocycles. The summed E-state index contributed by atoms with van der Waals surface area (Å²) in [5.74, 6) is -4.00. The molecule has 1 aromatic rings. The summed E-state index contributed by atoms with van der Waals surface area (Å²) in [5, 5.41) is 0. The molecule has 3 nitrogen and oxygen atoms in total. The molecule has 1 unspecified atom stereocenters. The summed E-state index contributed by atoms with van der Waals surface area (Å²) >= 11 is 0. The lowest BCUT2D eigenvalue weighted by atomic mass is 10.0. The SMILES string of the molecule is Cc1ccc2c(c1)C(F)(F)C(N)CS2(=O)=O. The molecule has 2 N–H and O–H groups in total. The Hall–Kier alpha value is -1.01. The minimum absolute atomic E-state index is 0.301. The van der Waals surface area contributed by atoms with Gasteiger partial charge in [-0.1, -0.05) is 11.6 Å². The minimum atomic E-state index is -3.68. The summed E-state index contributed by atoms with van der Waals surface area (Å²) in [6.45, 7) is 1.63. The Bertz CT molecular complexity index is 540. The van der Waals surface area contributed by atoms with Crippen LogP contribution in [0.4, 0.5) is 8.78 Å². The minimum Gasteiger partial charge on any atom is -0.322 e. The van der Waals surface area contributed by atoms with Gasteiger partial charge in [0.15, 0.2) is 9.84 Å². The fourth-order valence-corrected chi connectivity index (χ4v) is 3.47. The van der Waals surface area contributed by atoms with Crippen molar-refractivity contribution in [2.75, 3.05) is 5.75 Å². The van der Waals surface area contributed by atoms with Crippen LogP contribution in [-0.4, -0.2) is 20.2 Å². The Morgan fingerprint density at radius 1 is 1.44 bits per heavy atom. The van der Waals surface area contributed by atoms with Crippen LogP contribution >= 0.6 is 0 Å². The van der Waals surface area contributed by atoms with Gasteiger partial charge >= 0.3 is 0 Å². The lowest BCUT2D eigenvalue weighted by molar-refractivity contribution is -0.0298. The zero-order chi connectivity index (χ0) is 12.1. The molecule has 16 heavy (non-hydrogen) atoms. The largest absolute Gasteiger partial charge is 0.322 e. The van der Waals surface area contributed by atoms with Gasteiger partial charge in [-0.2, -0.15) is 8.78 Å². The number of halogens is 2. The van der Waals surface area contributed by atoms with E-state index in [0.717, 1.165) is 0 Å². The first-order chi connectivity index (χ1) is 7.25. The van der Waals surface area contributed by atoms with Gasteiger partial charge in [-0.15, -0.1) is 0 Å². The zero-order valence-electron chi connectivity index (χ0n) is 8.57. The third kappa shape index (κ3) is 1.53. The van der Waals surface area contributed by atoms with E-state index in [0.29, 0.717) is 5.56 Å². The standard InChI is InChI=1S/C10H11F2NO2S/c1-6-2-3-8-7(4-6)10(11,12)9(13)5-16(8,14)15/h2-4,9H,5,13H2,1H3. The molecule has 0 bridgehead atoms.